The topological polar surface area (TPSA) is 58.6 Å². The van der Waals surface area contributed by atoms with E-state index in [0.717, 1.165) is 17.0 Å². The van der Waals surface area contributed by atoms with Gasteiger partial charge in [-0.2, -0.15) is 0 Å². The number of ether oxygens (including phenoxy) is 1. The Hall–Kier alpha value is -1.42. The van der Waals surface area contributed by atoms with E-state index >= 15 is 0 Å². The molecular weight excluding hydrogens is 218 g/mol. The number of carbonyl (C=O) groups is 1. The van der Waals surface area contributed by atoms with Crippen LogP contribution in [0, 0.1) is 0 Å². The highest BCUT2D eigenvalue weighted by Crippen LogP contribution is 2.33. The summed E-state index contributed by atoms with van der Waals surface area (Å²) in [6.07, 6.45) is 0.481. The Labute approximate surface area is 93.7 Å². The number of benzene rings is 1. The van der Waals surface area contributed by atoms with E-state index in [-0.39, 0.29) is 12.4 Å². The van der Waals surface area contributed by atoms with Crippen molar-refractivity contribution in [2.24, 2.45) is 0 Å². The number of nitrogens with one attached hydrogen (secondary N) is 1. The Morgan fingerprint density at radius 1 is 1.60 bits per heavy atom. The zero-order chi connectivity index (χ0) is 10.1. The lowest BCUT2D eigenvalue weighted by Crippen LogP contribution is -2.26. The number of fused-ring (bicyclic) bond motifs is 1. The van der Waals surface area contributed by atoms with Gasteiger partial charge in [0.1, 0.15) is 11.8 Å². The first kappa shape index (κ1) is 11.7. The van der Waals surface area contributed by atoms with Gasteiger partial charge in [-0.05, 0) is 12.1 Å². The lowest BCUT2D eigenvalue weighted by Gasteiger charge is -2.04. The highest BCUT2D eigenvalue weighted by Gasteiger charge is 2.28. The third-order valence-electron chi connectivity index (χ3n) is 2.39. The predicted octanol–water partition coefficient (Wildman–Crippen LogP) is 1.54. The van der Waals surface area contributed by atoms with Crippen LogP contribution in [0.25, 0.3) is 0 Å². The van der Waals surface area contributed by atoms with Crippen molar-refractivity contribution in [2.45, 2.75) is 12.5 Å². The van der Waals surface area contributed by atoms with Gasteiger partial charge in [0.15, 0.2) is 0 Å². The van der Waals surface area contributed by atoms with Gasteiger partial charge in [0, 0.05) is 17.7 Å². The molecule has 0 radical (unpaired) electrons. The van der Waals surface area contributed by atoms with Crippen molar-refractivity contribution in [2.75, 3.05) is 12.4 Å². The molecule has 0 saturated heterocycles. The summed E-state index contributed by atoms with van der Waals surface area (Å²) >= 11 is 0. The number of carboxylic acids is 1. The molecule has 0 amide bonds. The molecule has 1 aliphatic heterocycles. The third-order valence-corrected chi connectivity index (χ3v) is 2.39. The maximum absolute atomic E-state index is 10.8. The maximum atomic E-state index is 10.8. The van der Waals surface area contributed by atoms with Crippen LogP contribution < -0.4 is 10.1 Å². The van der Waals surface area contributed by atoms with E-state index in [0.29, 0.717) is 6.42 Å². The van der Waals surface area contributed by atoms with Gasteiger partial charge in [-0.3, -0.25) is 0 Å². The number of hydrogen-bond donors (Lipinski definition) is 2. The van der Waals surface area contributed by atoms with Crippen LogP contribution in [0.1, 0.15) is 5.56 Å². The second-order valence-corrected chi connectivity index (χ2v) is 3.23. The van der Waals surface area contributed by atoms with Crippen LogP contribution in [-0.4, -0.2) is 24.2 Å². The first-order chi connectivity index (χ1) is 6.72. The predicted molar refractivity (Wildman–Crippen MR) is 59.0 cm³/mol. The highest BCUT2D eigenvalue weighted by atomic mass is 35.5. The summed E-state index contributed by atoms with van der Waals surface area (Å²) in [5, 5.41) is 11.8. The van der Waals surface area contributed by atoms with Crippen LogP contribution in [-0.2, 0) is 11.2 Å². The van der Waals surface area contributed by atoms with Crippen molar-refractivity contribution in [3.05, 3.63) is 23.8 Å². The Morgan fingerprint density at radius 2 is 2.33 bits per heavy atom. The molecule has 1 aliphatic rings. The molecule has 0 spiro atoms. The van der Waals surface area contributed by atoms with Crippen molar-refractivity contribution >= 4 is 24.1 Å². The molecule has 0 aliphatic carbocycles. The molecule has 0 aromatic heterocycles. The SMILES string of the molecule is COc1cccc2c1CC(C(=O)O)N2.Cl. The van der Waals surface area contributed by atoms with E-state index in [1.54, 1.807) is 7.11 Å². The summed E-state index contributed by atoms with van der Waals surface area (Å²) in [6.45, 7) is 0. The molecule has 0 saturated carbocycles. The summed E-state index contributed by atoms with van der Waals surface area (Å²) in [5.74, 6) is -0.0815. The first-order valence-corrected chi connectivity index (χ1v) is 4.37. The van der Waals surface area contributed by atoms with E-state index in [1.807, 2.05) is 18.2 Å². The molecule has 4 nitrogen and oxygen atoms in total. The van der Waals surface area contributed by atoms with Gasteiger partial charge in [0.2, 0.25) is 0 Å². The Morgan fingerprint density at radius 3 is 2.93 bits per heavy atom. The zero-order valence-corrected chi connectivity index (χ0v) is 9.00. The summed E-state index contributed by atoms with van der Waals surface area (Å²) in [6, 6.07) is 5.02. The first-order valence-electron chi connectivity index (χ1n) is 4.37. The van der Waals surface area contributed by atoms with Crippen molar-refractivity contribution in [3.8, 4) is 5.75 Å². The zero-order valence-electron chi connectivity index (χ0n) is 8.19. The smallest absolute Gasteiger partial charge is 0.326 e. The van der Waals surface area contributed by atoms with E-state index in [1.165, 1.54) is 0 Å². The maximum Gasteiger partial charge on any atom is 0.326 e. The molecule has 1 atom stereocenters. The normalized spacial score (nSPS) is 17.3. The number of halogens is 1. The quantitative estimate of drug-likeness (QED) is 0.808. The number of methoxy groups -OCH3 is 1. The van der Waals surface area contributed by atoms with E-state index in [9.17, 15) is 4.79 Å². The van der Waals surface area contributed by atoms with Gasteiger partial charge in [-0.25, -0.2) is 4.79 Å². The Kier molecular flexibility index (Phi) is 3.42. The average molecular weight is 230 g/mol. The van der Waals surface area contributed by atoms with E-state index in [2.05, 4.69) is 5.32 Å². The van der Waals surface area contributed by atoms with Gasteiger partial charge in [-0.15, -0.1) is 12.4 Å². The second kappa shape index (κ2) is 4.40. The van der Waals surface area contributed by atoms with Crippen molar-refractivity contribution in [3.63, 3.8) is 0 Å². The number of aliphatic carboxylic acids is 1. The fourth-order valence-electron chi connectivity index (χ4n) is 1.69. The fourth-order valence-corrected chi connectivity index (χ4v) is 1.69. The number of carboxylic acid groups (broad SMARTS) is 1. The minimum Gasteiger partial charge on any atom is -0.496 e. The van der Waals surface area contributed by atoms with Crippen LogP contribution >= 0.6 is 12.4 Å². The highest BCUT2D eigenvalue weighted by molar-refractivity contribution is 5.85. The Bertz CT molecular complexity index is 381. The molecule has 1 aromatic rings. The van der Waals surface area contributed by atoms with E-state index in [4.69, 9.17) is 9.84 Å². The lowest BCUT2D eigenvalue weighted by molar-refractivity contribution is -0.137. The molecule has 2 rings (SSSR count). The molecular formula is C10H12ClNO3. The van der Waals surface area contributed by atoms with Crippen molar-refractivity contribution in [1.82, 2.24) is 0 Å². The molecule has 5 heteroatoms. The van der Waals surface area contributed by atoms with Crippen molar-refractivity contribution < 1.29 is 14.6 Å². The van der Waals surface area contributed by atoms with Gasteiger partial charge >= 0.3 is 5.97 Å². The number of anilines is 1. The minimum atomic E-state index is -0.830. The molecule has 0 fully saturated rings. The summed E-state index contributed by atoms with van der Waals surface area (Å²) in [4.78, 5) is 10.8. The third kappa shape index (κ3) is 1.99. The lowest BCUT2D eigenvalue weighted by atomic mass is 10.1. The standard InChI is InChI=1S/C10H11NO3.ClH/c1-14-9-4-2-3-7-6(9)5-8(11-7)10(12)13;/h2-4,8,11H,5H2,1H3,(H,12,13);1H. The Balaban J connectivity index is 0.00000112. The van der Waals surface area contributed by atoms with E-state index < -0.39 is 12.0 Å². The molecule has 1 aromatic carbocycles. The van der Waals surface area contributed by atoms with Gasteiger partial charge in [0.05, 0.1) is 7.11 Å². The average Bonchev–Trinajstić information content (AvgIpc) is 2.60. The molecule has 82 valence electrons. The summed E-state index contributed by atoms with van der Waals surface area (Å²) < 4.78 is 5.15. The molecule has 1 heterocycles. The summed E-state index contributed by atoms with van der Waals surface area (Å²) in [7, 11) is 1.59. The minimum absolute atomic E-state index is 0. The van der Waals surface area contributed by atoms with Gasteiger partial charge in [-0.1, -0.05) is 6.07 Å². The van der Waals surface area contributed by atoms with Crippen LogP contribution in [0.2, 0.25) is 0 Å². The molecule has 2 N–H and O–H groups in total. The monoisotopic (exact) mass is 229 g/mol. The van der Waals surface area contributed by atoms with Crippen LogP contribution in [0.3, 0.4) is 0 Å². The van der Waals surface area contributed by atoms with Crippen LogP contribution in [0.4, 0.5) is 5.69 Å². The number of hydrogen-bond acceptors (Lipinski definition) is 3. The molecule has 0 bridgehead atoms. The fraction of sp³-hybridized carbons (Fsp3) is 0.300. The van der Waals surface area contributed by atoms with Gasteiger partial charge in [0.25, 0.3) is 0 Å². The summed E-state index contributed by atoms with van der Waals surface area (Å²) in [5.41, 5.74) is 1.80. The largest absolute Gasteiger partial charge is 0.496 e. The second-order valence-electron chi connectivity index (χ2n) is 3.23. The molecule has 15 heavy (non-hydrogen) atoms. The molecule has 1 unspecified atom stereocenters. The van der Waals surface area contributed by atoms with Crippen molar-refractivity contribution in [1.29, 1.82) is 0 Å². The van der Waals surface area contributed by atoms with Crippen LogP contribution in [0.15, 0.2) is 18.2 Å². The van der Waals surface area contributed by atoms with Crippen LogP contribution in [0.5, 0.6) is 5.75 Å². The van der Waals surface area contributed by atoms with Gasteiger partial charge < -0.3 is 15.2 Å². The number of rotatable bonds is 2.